The fraction of sp³-hybridized carbons (Fsp3) is 0.118. The summed E-state index contributed by atoms with van der Waals surface area (Å²) in [6.07, 6.45) is 8.82. The lowest BCUT2D eigenvalue weighted by molar-refractivity contribution is -0.116. The molecule has 0 aliphatic rings. The van der Waals surface area contributed by atoms with Gasteiger partial charge in [0.25, 0.3) is 0 Å². The van der Waals surface area contributed by atoms with E-state index in [0.717, 1.165) is 21.7 Å². The molecule has 1 N–H and O–H groups in total. The molecule has 0 radical (unpaired) electrons. The summed E-state index contributed by atoms with van der Waals surface area (Å²) in [5.41, 5.74) is 2.79. The number of hydrogen-bond donors (Lipinski definition) is 1. The molecule has 3 aromatic heterocycles. The maximum Gasteiger partial charge on any atom is 0.244 e. The van der Waals surface area contributed by atoms with Crippen molar-refractivity contribution in [3.63, 3.8) is 0 Å². The molecule has 0 saturated carbocycles. The van der Waals surface area contributed by atoms with E-state index in [2.05, 4.69) is 15.4 Å². The second kappa shape index (κ2) is 7.02. The molecule has 3 aromatic rings. The third-order valence-electron chi connectivity index (χ3n) is 3.23. The van der Waals surface area contributed by atoms with E-state index >= 15 is 0 Å². The van der Waals surface area contributed by atoms with Gasteiger partial charge in [-0.05, 0) is 29.2 Å². The molecule has 0 fully saturated rings. The van der Waals surface area contributed by atoms with Crippen molar-refractivity contribution in [3.8, 4) is 11.3 Å². The van der Waals surface area contributed by atoms with Gasteiger partial charge < -0.3 is 5.32 Å². The molecule has 0 aromatic carbocycles. The fourth-order valence-corrected chi connectivity index (χ4v) is 2.66. The Labute approximate surface area is 138 Å². The van der Waals surface area contributed by atoms with E-state index in [1.807, 2.05) is 49.0 Å². The summed E-state index contributed by atoms with van der Waals surface area (Å²) < 4.78 is 1.74. The van der Waals surface area contributed by atoms with Crippen molar-refractivity contribution in [2.45, 2.75) is 6.54 Å². The molecule has 0 aliphatic carbocycles. The first-order valence-corrected chi connectivity index (χ1v) is 8.02. The van der Waals surface area contributed by atoms with Gasteiger partial charge in [-0.2, -0.15) is 5.10 Å². The first-order valence-electron chi connectivity index (χ1n) is 7.14. The van der Waals surface area contributed by atoms with Crippen LogP contribution in [0.1, 0.15) is 10.4 Å². The molecular weight excluding hydrogens is 308 g/mol. The molecule has 0 atom stereocenters. The van der Waals surface area contributed by atoms with Crippen LogP contribution < -0.4 is 5.32 Å². The van der Waals surface area contributed by atoms with Crippen LogP contribution in [0.2, 0.25) is 0 Å². The van der Waals surface area contributed by atoms with Gasteiger partial charge in [0, 0.05) is 42.5 Å². The highest BCUT2D eigenvalue weighted by molar-refractivity contribution is 7.10. The molecule has 6 heteroatoms. The highest BCUT2D eigenvalue weighted by Crippen LogP contribution is 2.15. The molecule has 23 heavy (non-hydrogen) atoms. The summed E-state index contributed by atoms with van der Waals surface area (Å²) in [4.78, 5) is 17.2. The smallest absolute Gasteiger partial charge is 0.244 e. The van der Waals surface area contributed by atoms with Crippen molar-refractivity contribution in [2.24, 2.45) is 7.05 Å². The Bertz CT molecular complexity index is 804. The fourth-order valence-electron chi connectivity index (χ4n) is 2.05. The number of nitrogens with one attached hydrogen (secondary N) is 1. The molecule has 5 nitrogen and oxygen atoms in total. The number of aromatic nitrogens is 3. The Balaban J connectivity index is 1.55. The summed E-state index contributed by atoms with van der Waals surface area (Å²) in [5.74, 6) is -0.116. The molecule has 0 bridgehead atoms. The zero-order valence-corrected chi connectivity index (χ0v) is 13.5. The van der Waals surface area contributed by atoms with E-state index in [9.17, 15) is 4.79 Å². The predicted octanol–water partition coefficient (Wildman–Crippen LogP) is 2.87. The predicted molar refractivity (Wildman–Crippen MR) is 91.6 cm³/mol. The lowest BCUT2D eigenvalue weighted by Gasteiger charge is -2.03. The van der Waals surface area contributed by atoms with Crippen molar-refractivity contribution >= 4 is 23.3 Å². The van der Waals surface area contributed by atoms with E-state index in [1.165, 1.54) is 0 Å². The van der Waals surface area contributed by atoms with Crippen molar-refractivity contribution in [3.05, 3.63) is 64.8 Å². The molecule has 0 spiro atoms. The Hall–Kier alpha value is -2.73. The Kier molecular flexibility index (Phi) is 4.63. The Morgan fingerprint density at radius 3 is 2.91 bits per heavy atom. The number of amides is 1. The summed E-state index contributed by atoms with van der Waals surface area (Å²) in [6, 6.07) is 7.81. The average Bonchev–Trinajstić information content (AvgIpc) is 3.23. The number of aryl methyl sites for hydroxylation is 1. The molecule has 116 valence electrons. The Morgan fingerprint density at radius 1 is 1.35 bits per heavy atom. The Morgan fingerprint density at radius 2 is 2.26 bits per heavy atom. The summed E-state index contributed by atoms with van der Waals surface area (Å²) in [6.45, 7) is 0.452. The quantitative estimate of drug-likeness (QED) is 0.734. The minimum absolute atomic E-state index is 0.116. The highest BCUT2D eigenvalue weighted by Gasteiger charge is 2.03. The number of hydrogen-bond acceptors (Lipinski definition) is 4. The zero-order valence-electron chi connectivity index (χ0n) is 12.6. The largest absolute Gasteiger partial charge is 0.348 e. The average molecular weight is 324 g/mol. The van der Waals surface area contributed by atoms with Crippen LogP contribution in [0, 0.1) is 0 Å². The van der Waals surface area contributed by atoms with Crippen molar-refractivity contribution in [1.29, 1.82) is 0 Å². The SMILES string of the molecule is Cn1cc(-c2ccc(CNC(=O)/C=C/c3cccs3)cn2)cn1. The van der Waals surface area contributed by atoms with Crippen LogP contribution in [-0.4, -0.2) is 20.7 Å². The minimum atomic E-state index is -0.116. The van der Waals surface area contributed by atoms with Crippen molar-refractivity contribution < 1.29 is 4.79 Å². The standard InChI is InChI=1S/C17H16N4OS/c1-21-12-14(11-20-21)16-6-4-13(9-18-16)10-19-17(22)7-5-15-3-2-8-23-15/h2-9,11-12H,10H2,1H3,(H,19,22)/b7-5+. The number of thiophene rings is 1. The van der Waals surface area contributed by atoms with E-state index in [4.69, 9.17) is 0 Å². The number of carbonyl (C=O) groups is 1. The van der Waals surface area contributed by atoms with Crippen LogP contribution in [0.15, 0.2) is 54.3 Å². The number of rotatable bonds is 5. The third-order valence-corrected chi connectivity index (χ3v) is 4.07. The lowest BCUT2D eigenvalue weighted by Crippen LogP contribution is -2.20. The number of nitrogens with zero attached hydrogens (tertiary/aromatic N) is 3. The summed E-state index contributed by atoms with van der Waals surface area (Å²) in [7, 11) is 1.87. The summed E-state index contributed by atoms with van der Waals surface area (Å²) >= 11 is 1.60. The zero-order chi connectivity index (χ0) is 16.1. The van der Waals surface area contributed by atoms with Crippen LogP contribution in [-0.2, 0) is 18.4 Å². The molecule has 0 aliphatic heterocycles. The first kappa shape index (κ1) is 15.2. The molecule has 3 rings (SSSR count). The van der Waals surface area contributed by atoms with Crippen LogP contribution in [0.5, 0.6) is 0 Å². The topological polar surface area (TPSA) is 59.8 Å². The van der Waals surface area contributed by atoms with E-state index in [1.54, 1.807) is 34.5 Å². The third kappa shape index (κ3) is 4.14. The van der Waals surface area contributed by atoms with Gasteiger partial charge in [0.05, 0.1) is 11.9 Å². The van der Waals surface area contributed by atoms with Crippen LogP contribution in [0.4, 0.5) is 0 Å². The van der Waals surface area contributed by atoms with E-state index in [-0.39, 0.29) is 5.91 Å². The van der Waals surface area contributed by atoms with Gasteiger partial charge in [-0.15, -0.1) is 11.3 Å². The van der Waals surface area contributed by atoms with E-state index < -0.39 is 0 Å². The van der Waals surface area contributed by atoms with Gasteiger partial charge in [0.15, 0.2) is 0 Å². The van der Waals surface area contributed by atoms with Gasteiger partial charge in [-0.25, -0.2) is 0 Å². The molecular formula is C17H16N4OS. The van der Waals surface area contributed by atoms with Crippen LogP contribution >= 0.6 is 11.3 Å². The molecule has 3 heterocycles. The molecule has 1 amide bonds. The molecule has 0 saturated heterocycles. The maximum absolute atomic E-state index is 11.8. The number of carbonyl (C=O) groups excluding carboxylic acids is 1. The normalized spacial score (nSPS) is 11.0. The lowest BCUT2D eigenvalue weighted by atomic mass is 10.2. The highest BCUT2D eigenvalue weighted by atomic mass is 32.1. The second-order valence-corrected chi connectivity index (χ2v) is 6.00. The first-order chi connectivity index (χ1) is 11.2. The van der Waals surface area contributed by atoms with Gasteiger partial charge in [0.2, 0.25) is 5.91 Å². The monoisotopic (exact) mass is 324 g/mol. The second-order valence-electron chi connectivity index (χ2n) is 5.02. The van der Waals surface area contributed by atoms with Gasteiger partial charge in [0.1, 0.15) is 0 Å². The van der Waals surface area contributed by atoms with Crippen molar-refractivity contribution in [2.75, 3.05) is 0 Å². The minimum Gasteiger partial charge on any atom is -0.348 e. The van der Waals surface area contributed by atoms with Gasteiger partial charge >= 0.3 is 0 Å². The van der Waals surface area contributed by atoms with Gasteiger partial charge in [-0.1, -0.05) is 12.1 Å². The van der Waals surface area contributed by atoms with Crippen molar-refractivity contribution in [1.82, 2.24) is 20.1 Å². The van der Waals surface area contributed by atoms with Crippen LogP contribution in [0.25, 0.3) is 17.3 Å². The maximum atomic E-state index is 11.8. The van der Waals surface area contributed by atoms with Crippen LogP contribution in [0.3, 0.4) is 0 Å². The van der Waals surface area contributed by atoms with E-state index in [0.29, 0.717) is 6.54 Å². The number of pyridine rings is 1. The molecule has 0 unspecified atom stereocenters. The van der Waals surface area contributed by atoms with Gasteiger partial charge in [-0.3, -0.25) is 14.5 Å². The summed E-state index contributed by atoms with van der Waals surface area (Å²) in [5, 5.41) is 8.96.